The molecule has 1 N–H and O–H groups in total. The molecule has 2 aliphatic heterocycles. The van der Waals surface area contributed by atoms with E-state index in [4.69, 9.17) is 4.74 Å². The van der Waals surface area contributed by atoms with Gasteiger partial charge in [0.2, 0.25) is 10.0 Å². The fourth-order valence-electron chi connectivity index (χ4n) is 3.90. The van der Waals surface area contributed by atoms with E-state index in [1.165, 1.54) is 4.31 Å². The molecule has 0 bridgehead atoms. The molecule has 8 nitrogen and oxygen atoms in total. The second-order valence-electron chi connectivity index (χ2n) is 8.02. The minimum absolute atomic E-state index is 0.177. The van der Waals surface area contributed by atoms with E-state index in [0.29, 0.717) is 17.1 Å². The van der Waals surface area contributed by atoms with Gasteiger partial charge in [-0.25, -0.2) is 8.42 Å². The molecule has 31 heavy (non-hydrogen) atoms. The van der Waals surface area contributed by atoms with Crippen molar-refractivity contribution >= 4 is 33.0 Å². The molecule has 2 aromatic rings. The molecular formula is C22H28N4O4S. The van der Waals surface area contributed by atoms with Crippen molar-refractivity contribution in [1.82, 2.24) is 4.90 Å². The lowest BCUT2D eigenvalue weighted by Gasteiger charge is -2.34. The number of benzene rings is 2. The van der Waals surface area contributed by atoms with E-state index in [-0.39, 0.29) is 18.9 Å². The predicted octanol–water partition coefficient (Wildman–Crippen LogP) is 1.99. The van der Waals surface area contributed by atoms with Crippen molar-refractivity contribution in [3.63, 3.8) is 0 Å². The second-order valence-corrected chi connectivity index (χ2v) is 9.93. The first-order chi connectivity index (χ1) is 14.8. The summed E-state index contributed by atoms with van der Waals surface area (Å²) in [6.07, 6.45) is 0.629. The molecule has 0 aliphatic carbocycles. The predicted molar refractivity (Wildman–Crippen MR) is 122 cm³/mol. The van der Waals surface area contributed by atoms with Gasteiger partial charge in [-0.2, -0.15) is 0 Å². The third-order valence-corrected chi connectivity index (χ3v) is 6.87. The number of hydrogen-bond acceptors (Lipinski definition) is 6. The van der Waals surface area contributed by atoms with E-state index in [1.807, 2.05) is 24.3 Å². The topological polar surface area (TPSA) is 82.2 Å². The summed E-state index contributed by atoms with van der Waals surface area (Å²) in [5.74, 6) is 0.0912. The molecule has 1 saturated heterocycles. The quantitative estimate of drug-likeness (QED) is 0.777. The van der Waals surface area contributed by atoms with Gasteiger partial charge in [0, 0.05) is 50.5 Å². The molecule has 1 fully saturated rings. The summed E-state index contributed by atoms with van der Waals surface area (Å²) in [7, 11) is -1.35. The Hall–Kier alpha value is -2.78. The zero-order valence-electron chi connectivity index (χ0n) is 17.8. The highest BCUT2D eigenvalue weighted by atomic mass is 32.2. The average molecular weight is 445 g/mol. The smallest absolute Gasteiger partial charge is 0.265 e. The van der Waals surface area contributed by atoms with Crippen LogP contribution in [0.25, 0.3) is 0 Å². The van der Waals surface area contributed by atoms with Crippen molar-refractivity contribution in [2.24, 2.45) is 0 Å². The van der Waals surface area contributed by atoms with E-state index in [0.717, 1.165) is 38.1 Å². The lowest BCUT2D eigenvalue weighted by Crippen LogP contribution is -2.44. The van der Waals surface area contributed by atoms with Crippen LogP contribution in [0, 0.1) is 0 Å². The van der Waals surface area contributed by atoms with Crippen molar-refractivity contribution < 1.29 is 17.9 Å². The van der Waals surface area contributed by atoms with Crippen molar-refractivity contribution in [3.05, 3.63) is 48.5 Å². The van der Waals surface area contributed by atoms with E-state index < -0.39 is 16.1 Å². The summed E-state index contributed by atoms with van der Waals surface area (Å²) in [6, 6.07) is 14.7. The van der Waals surface area contributed by atoms with Crippen LogP contribution in [0.4, 0.5) is 17.1 Å². The zero-order chi connectivity index (χ0) is 22.0. The van der Waals surface area contributed by atoms with Crippen LogP contribution < -0.4 is 19.3 Å². The number of para-hydroxylation sites is 2. The number of sulfonamides is 1. The maximum Gasteiger partial charge on any atom is 0.265 e. The summed E-state index contributed by atoms with van der Waals surface area (Å²) in [5, 5.41) is 2.90. The van der Waals surface area contributed by atoms with Crippen LogP contribution in [-0.2, 0) is 14.8 Å². The van der Waals surface area contributed by atoms with Crippen molar-refractivity contribution in [1.29, 1.82) is 0 Å². The fraction of sp³-hybridized carbons (Fsp3) is 0.409. The summed E-state index contributed by atoms with van der Waals surface area (Å²) in [6.45, 7) is 4.20. The highest BCUT2D eigenvalue weighted by molar-refractivity contribution is 7.92. The molecule has 0 spiro atoms. The van der Waals surface area contributed by atoms with E-state index in [2.05, 4.69) is 22.2 Å². The minimum Gasteiger partial charge on any atom is -0.478 e. The monoisotopic (exact) mass is 444 g/mol. The highest BCUT2D eigenvalue weighted by Crippen LogP contribution is 2.34. The third-order valence-electron chi connectivity index (χ3n) is 5.69. The molecule has 166 valence electrons. The summed E-state index contributed by atoms with van der Waals surface area (Å²) in [4.78, 5) is 17.5. The molecule has 0 saturated carbocycles. The normalized spacial score (nSPS) is 19.9. The Morgan fingerprint density at radius 2 is 1.68 bits per heavy atom. The van der Waals surface area contributed by atoms with E-state index in [9.17, 15) is 13.2 Å². The molecule has 0 aromatic heterocycles. The van der Waals surface area contributed by atoms with Gasteiger partial charge in [0.25, 0.3) is 5.91 Å². The van der Waals surface area contributed by atoms with Gasteiger partial charge in [-0.3, -0.25) is 9.10 Å². The van der Waals surface area contributed by atoms with Crippen LogP contribution in [0.5, 0.6) is 5.75 Å². The number of anilines is 3. The number of piperazine rings is 1. The molecule has 4 rings (SSSR count). The van der Waals surface area contributed by atoms with Crippen LogP contribution >= 0.6 is 0 Å². The van der Waals surface area contributed by atoms with Crippen molar-refractivity contribution in [2.75, 3.05) is 60.5 Å². The molecule has 2 aromatic carbocycles. The van der Waals surface area contributed by atoms with Gasteiger partial charge in [-0.15, -0.1) is 0 Å². The number of nitrogens with one attached hydrogen (secondary N) is 1. The lowest BCUT2D eigenvalue weighted by atomic mass is 10.2. The Balaban J connectivity index is 1.44. The Labute approximate surface area is 183 Å². The van der Waals surface area contributed by atoms with E-state index in [1.54, 1.807) is 24.3 Å². The molecule has 1 amide bonds. The molecule has 2 aliphatic rings. The number of fused-ring (bicyclic) bond motifs is 1. The number of carbonyl (C=O) groups is 1. The lowest BCUT2D eigenvalue weighted by molar-refractivity contribution is -0.122. The first kappa shape index (κ1) is 21.5. The number of amides is 1. The van der Waals surface area contributed by atoms with Gasteiger partial charge in [-0.1, -0.05) is 12.1 Å². The minimum atomic E-state index is -3.48. The zero-order valence-corrected chi connectivity index (χ0v) is 18.6. The van der Waals surface area contributed by atoms with Crippen LogP contribution in [0.1, 0.15) is 6.42 Å². The molecule has 9 heteroatoms. The van der Waals surface area contributed by atoms with Crippen LogP contribution in [0.3, 0.4) is 0 Å². The Morgan fingerprint density at radius 1 is 1.00 bits per heavy atom. The van der Waals surface area contributed by atoms with Gasteiger partial charge in [0.05, 0.1) is 11.9 Å². The molecular weight excluding hydrogens is 416 g/mol. The summed E-state index contributed by atoms with van der Waals surface area (Å²) < 4.78 is 31.6. The number of likely N-dealkylation sites (N-methyl/N-ethyl adjacent to an activating group) is 1. The molecule has 2 heterocycles. The molecule has 0 radical (unpaired) electrons. The molecule has 1 atom stereocenters. The highest BCUT2D eigenvalue weighted by Gasteiger charge is 2.31. The summed E-state index contributed by atoms with van der Waals surface area (Å²) in [5.41, 5.74) is 2.27. The number of carbonyl (C=O) groups excluding carboxylic acids is 1. The van der Waals surface area contributed by atoms with Crippen molar-refractivity contribution in [2.45, 2.75) is 12.5 Å². The third kappa shape index (κ3) is 4.94. The van der Waals surface area contributed by atoms with Gasteiger partial charge in [-0.05, 0) is 43.4 Å². The number of hydrogen-bond donors (Lipinski definition) is 1. The van der Waals surface area contributed by atoms with Gasteiger partial charge >= 0.3 is 0 Å². The Bertz CT molecular complexity index is 1030. The van der Waals surface area contributed by atoms with E-state index >= 15 is 0 Å². The van der Waals surface area contributed by atoms with Crippen molar-refractivity contribution in [3.8, 4) is 5.75 Å². The molecule has 0 unspecified atom stereocenters. The number of nitrogens with zero attached hydrogens (tertiary/aromatic N) is 3. The SMILES string of the molecule is CN1CCN(c2ccc(NC(=O)[C@@H]3CCN(S(C)(=O)=O)c4ccccc4O3)cc2)CC1. The Morgan fingerprint density at radius 3 is 2.35 bits per heavy atom. The first-order valence-corrected chi connectivity index (χ1v) is 12.2. The van der Waals surface area contributed by atoms with Gasteiger partial charge in [0.1, 0.15) is 5.75 Å². The second kappa shape index (κ2) is 8.76. The van der Waals surface area contributed by atoms with Gasteiger partial charge < -0.3 is 19.9 Å². The largest absolute Gasteiger partial charge is 0.478 e. The maximum atomic E-state index is 12.9. The first-order valence-electron chi connectivity index (χ1n) is 10.4. The maximum absolute atomic E-state index is 12.9. The van der Waals surface area contributed by atoms with Gasteiger partial charge in [0.15, 0.2) is 6.10 Å². The van der Waals surface area contributed by atoms with Crippen LogP contribution in [0.2, 0.25) is 0 Å². The van der Waals surface area contributed by atoms with Crippen LogP contribution in [-0.4, -0.2) is 71.4 Å². The Kier molecular flexibility index (Phi) is 6.06. The fourth-order valence-corrected chi connectivity index (χ4v) is 4.85. The number of rotatable bonds is 4. The summed E-state index contributed by atoms with van der Waals surface area (Å²) >= 11 is 0. The standard InChI is InChI=1S/C22H28N4O4S/c1-24-13-15-25(16-14-24)18-9-7-17(8-10-18)23-22(27)21-11-12-26(31(2,28)29)19-5-3-4-6-20(19)30-21/h3-10,21H,11-16H2,1-2H3,(H,23,27)/t21-/m0/s1. The number of ether oxygens (including phenoxy) is 1. The average Bonchev–Trinajstić information content (AvgIpc) is 2.95. The van der Waals surface area contributed by atoms with Crippen LogP contribution in [0.15, 0.2) is 48.5 Å².